The number of hydrogen-bond donors (Lipinski definition) is 1. The first-order valence-corrected chi connectivity index (χ1v) is 16.0. The molecule has 2 heterocycles. The number of aromatic nitrogens is 2. The molecule has 7 nitrogen and oxygen atoms in total. The lowest BCUT2D eigenvalue weighted by Crippen LogP contribution is -2.27. The normalized spacial score (nSPS) is 17.4. The molecule has 2 atom stereocenters. The summed E-state index contributed by atoms with van der Waals surface area (Å²) in [5, 5.41) is 5.28. The van der Waals surface area contributed by atoms with Crippen molar-refractivity contribution in [3.8, 4) is 5.69 Å². The molecule has 1 aliphatic rings. The van der Waals surface area contributed by atoms with Gasteiger partial charge in [-0.2, -0.15) is 5.10 Å². The molecule has 0 spiro atoms. The Bertz CT molecular complexity index is 1840. The van der Waals surface area contributed by atoms with E-state index in [-0.39, 0.29) is 29.1 Å². The molecule has 0 radical (unpaired) electrons. The molecule has 3 aromatic carbocycles. The second-order valence-corrected chi connectivity index (χ2v) is 13.6. The fourth-order valence-electron chi connectivity index (χ4n) is 5.04. The molecule has 0 amide bonds. The number of halogens is 3. The van der Waals surface area contributed by atoms with Gasteiger partial charge in [0.2, 0.25) is 10.0 Å². The maximum atomic E-state index is 15.0. The van der Waals surface area contributed by atoms with Crippen LogP contribution in [0.5, 0.6) is 0 Å². The van der Waals surface area contributed by atoms with Crippen LogP contribution in [-0.4, -0.2) is 32.4 Å². The Morgan fingerprint density at radius 3 is 2.46 bits per heavy atom. The number of sulfonamides is 1. The van der Waals surface area contributed by atoms with Gasteiger partial charge < -0.3 is 0 Å². The van der Waals surface area contributed by atoms with E-state index in [4.69, 9.17) is 0 Å². The maximum Gasteiger partial charge on any atom is 0.234 e. The smallest absolute Gasteiger partial charge is 0.234 e. The van der Waals surface area contributed by atoms with Crippen LogP contribution in [0.1, 0.15) is 47.0 Å². The Kier molecular flexibility index (Phi) is 7.91. The van der Waals surface area contributed by atoms with E-state index in [0.29, 0.717) is 17.3 Å². The third-order valence-electron chi connectivity index (χ3n) is 6.82. The highest BCUT2D eigenvalue weighted by molar-refractivity contribution is 7.92. The van der Waals surface area contributed by atoms with E-state index in [0.717, 1.165) is 23.1 Å². The minimum absolute atomic E-state index is 0.00832. The van der Waals surface area contributed by atoms with Crippen molar-refractivity contribution < 1.29 is 30.0 Å². The van der Waals surface area contributed by atoms with Crippen molar-refractivity contribution in [2.75, 3.05) is 5.75 Å². The largest absolute Gasteiger partial charge is 0.234 e. The molecule has 1 N–H and O–H groups in total. The van der Waals surface area contributed by atoms with Gasteiger partial charge in [0.15, 0.2) is 15.7 Å². The molecule has 0 saturated heterocycles. The molecule has 0 fully saturated rings. The molecule has 0 bridgehead atoms. The highest BCUT2D eigenvalue weighted by atomic mass is 32.2. The van der Waals surface area contributed by atoms with Crippen LogP contribution in [0.25, 0.3) is 11.8 Å². The lowest BCUT2D eigenvalue weighted by Gasteiger charge is -2.25. The van der Waals surface area contributed by atoms with Crippen molar-refractivity contribution in [2.45, 2.75) is 31.1 Å². The zero-order valence-corrected chi connectivity index (χ0v) is 23.5. The third kappa shape index (κ3) is 6.61. The van der Waals surface area contributed by atoms with Crippen LogP contribution in [0.3, 0.4) is 0 Å². The monoisotopic (exact) mass is 601 g/mol. The van der Waals surface area contributed by atoms with Crippen molar-refractivity contribution >= 4 is 25.9 Å². The highest BCUT2D eigenvalue weighted by Crippen LogP contribution is 2.37. The number of hydrogen-bond acceptors (Lipinski definition) is 5. The van der Waals surface area contributed by atoms with E-state index in [1.165, 1.54) is 28.9 Å². The molecule has 0 saturated carbocycles. The SMILES string of the molecule is C[C@H](NS(=O)(=O)/C=C/c1nn(-c2ccc(F)cc2F)c2c1CS(=O)(=O)CC2Cc1cccc(F)c1)c1ccccc1. The average Bonchev–Trinajstić information content (AvgIpc) is 3.25. The topological polar surface area (TPSA) is 98.1 Å². The van der Waals surface area contributed by atoms with E-state index in [9.17, 15) is 30.0 Å². The van der Waals surface area contributed by atoms with Crippen LogP contribution >= 0.6 is 0 Å². The van der Waals surface area contributed by atoms with E-state index in [1.54, 1.807) is 37.3 Å². The predicted molar refractivity (Wildman–Crippen MR) is 150 cm³/mol. The number of fused-ring (bicyclic) bond motifs is 1. The Balaban J connectivity index is 1.59. The summed E-state index contributed by atoms with van der Waals surface area (Å²) in [5.41, 5.74) is 1.66. The van der Waals surface area contributed by atoms with Gasteiger partial charge in [0, 0.05) is 29.0 Å². The summed E-state index contributed by atoms with van der Waals surface area (Å²) in [6.45, 7) is 1.68. The summed E-state index contributed by atoms with van der Waals surface area (Å²) in [7, 11) is -7.71. The molecule has 1 aromatic heterocycles. The van der Waals surface area contributed by atoms with Crippen LogP contribution in [0.2, 0.25) is 0 Å². The van der Waals surface area contributed by atoms with Gasteiger partial charge in [-0.25, -0.2) is 39.4 Å². The van der Waals surface area contributed by atoms with Gasteiger partial charge in [0.05, 0.1) is 22.9 Å². The van der Waals surface area contributed by atoms with E-state index >= 15 is 0 Å². The first kappa shape index (κ1) is 28.8. The number of benzene rings is 3. The molecule has 4 aromatic rings. The van der Waals surface area contributed by atoms with E-state index in [2.05, 4.69) is 9.82 Å². The fraction of sp³-hybridized carbons (Fsp3) is 0.207. The van der Waals surface area contributed by atoms with Gasteiger partial charge in [-0.15, -0.1) is 0 Å². The Labute approximate surface area is 236 Å². The van der Waals surface area contributed by atoms with Crippen LogP contribution < -0.4 is 4.72 Å². The lowest BCUT2D eigenvalue weighted by molar-refractivity contribution is 0.558. The quantitative estimate of drug-likeness (QED) is 0.300. The summed E-state index contributed by atoms with van der Waals surface area (Å²) >= 11 is 0. The highest BCUT2D eigenvalue weighted by Gasteiger charge is 2.36. The number of nitrogens with zero attached hydrogens (tertiary/aromatic N) is 2. The Morgan fingerprint density at radius 2 is 1.76 bits per heavy atom. The van der Waals surface area contributed by atoms with Crippen LogP contribution in [0, 0.1) is 17.5 Å². The average molecular weight is 602 g/mol. The first-order chi connectivity index (χ1) is 19.4. The first-order valence-electron chi connectivity index (χ1n) is 12.7. The molecule has 12 heteroatoms. The molecule has 41 heavy (non-hydrogen) atoms. The number of rotatable bonds is 8. The van der Waals surface area contributed by atoms with Gasteiger partial charge in [-0.05, 0) is 54.8 Å². The summed E-state index contributed by atoms with van der Waals surface area (Å²) in [6.07, 6.45) is 1.26. The van der Waals surface area contributed by atoms with E-state index < -0.39 is 55.0 Å². The molecule has 0 aliphatic carbocycles. The zero-order chi connectivity index (χ0) is 29.4. The van der Waals surface area contributed by atoms with E-state index in [1.807, 2.05) is 6.07 Å². The third-order valence-corrected chi connectivity index (χ3v) is 9.63. The summed E-state index contributed by atoms with van der Waals surface area (Å²) in [5.74, 6) is -3.78. The molecule has 5 rings (SSSR count). The van der Waals surface area contributed by atoms with Gasteiger partial charge >= 0.3 is 0 Å². The minimum atomic E-state index is -4.01. The Hall–Kier alpha value is -3.74. The van der Waals surface area contributed by atoms with Crippen molar-refractivity contribution in [3.63, 3.8) is 0 Å². The second kappa shape index (κ2) is 11.3. The molecular weight excluding hydrogens is 575 g/mol. The minimum Gasteiger partial charge on any atom is -0.234 e. The van der Waals surface area contributed by atoms with Gasteiger partial charge in [-0.3, -0.25) is 0 Å². The van der Waals surface area contributed by atoms with Gasteiger partial charge in [-0.1, -0.05) is 42.5 Å². The number of sulfone groups is 1. The summed E-state index contributed by atoms with van der Waals surface area (Å²) < 4.78 is 98.1. The standard InChI is InChI=1S/C29H26F3N3O4S2/c1-19(21-7-3-2-4-8-21)34-41(38,39)13-12-27-25-18-40(36,37)17-22(14-20-6-5-9-23(30)15-20)29(25)35(33-27)28-11-10-24(31)16-26(28)32/h2-13,15-16,19,22,34H,14,17-18H2,1H3/b13-12+/t19-,22?/m0/s1. The molecule has 1 aliphatic heterocycles. The second-order valence-electron chi connectivity index (χ2n) is 9.94. The molecule has 1 unspecified atom stereocenters. The van der Waals surface area contributed by atoms with Gasteiger partial charge in [0.25, 0.3) is 0 Å². The number of nitrogens with one attached hydrogen (secondary N) is 1. The predicted octanol–water partition coefficient (Wildman–Crippen LogP) is 5.20. The van der Waals surface area contributed by atoms with Crippen molar-refractivity contribution in [3.05, 3.63) is 124 Å². The molecule has 214 valence electrons. The van der Waals surface area contributed by atoms with Gasteiger partial charge in [0.1, 0.15) is 17.3 Å². The van der Waals surface area contributed by atoms with Crippen LogP contribution in [0.4, 0.5) is 13.2 Å². The summed E-state index contributed by atoms with van der Waals surface area (Å²) in [4.78, 5) is 0. The lowest BCUT2D eigenvalue weighted by atomic mass is 9.94. The molecular formula is C29H26F3N3O4S2. The zero-order valence-electron chi connectivity index (χ0n) is 21.8. The van der Waals surface area contributed by atoms with Crippen LogP contribution in [-0.2, 0) is 32.0 Å². The maximum absolute atomic E-state index is 15.0. The van der Waals surface area contributed by atoms with Crippen molar-refractivity contribution in [1.82, 2.24) is 14.5 Å². The van der Waals surface area contributed by atoms with Crippen LogP contribution in [0.15, 0.2) is 78.2 Å². The fourth-order valence-corrected chi connectivity index (χ4v) is 7.79. The summed E-state index contributed by atoms with van der Waals surface area (Å²) in [6, 6.07) is 17.0. The van der Waals surface area contributed by atoms with Crippen molar-refractivity contribution in [1.29, 1.82) is 0 Å². The Morgan fingerprint density at radius 1 is 1.02 bits per heavy atom. The van der Waals surface area contributed by atoms with Crippen molar-refractivity contribution in [2.24, 2.45) is 0 Å².